The first-order valence-corrected chi connectivity index (χ1v) is 7.50. The summed E-state index contributed by atoms with van der Waals surface area (Å²) >= 11 is 0. The molecule has 0 N–H and O–H groups in total. The average Bonchev–Trinajstić information content (AvgIpc) is 2.88. The third-order valence-electron chi connectivity index (χ3n) is 3.67. The van der Waals surface area contributed by atoms with Crippen molar-refractivity contribution in [3.8, 4) is 0 Å². The van der Waals surface area contributed by atoms with Gasteiger partial charge in [0.1, 0.15) is 0 Å². The van der Waals surface area contributed by atoms with Crippen LogP contribution in [0.15, 0.2) is 65.3 Å². The van der Waals surface area contributed by atoms with Crippen LogP contribution in [0.1, 0.15) is 11.1 Å². The monoisotopic (exact) mass is 305 g/mol. The molecular weight excluding hydrogens is 286 g/mol. The van der Waals surface area contributed by atoms with E-state index in [0.717, 1.165) is 11.3 Å². The Balaban J connectivity index is 2.01. The lowest BCUT2D eigenvalue weighted by Gasteiger charge is -2.11. The van der Waals surface area contributed by atoms with E-state index in [2.05, 4.69) is 5.10 Å². The molecule has 4 nitrogen and oxygen atoms in total. The summed E-state index contributed by atoms with van der Waals surface area (Å²) < 4.78 is 0. The molecule has 3 rings (SSSR count). The van der Waals surface area contributed by atoms with Crippen LogP contribution in [-0.4, -0.2) is 30.7 Å². The number of nitrogens with zero attached hydrogens (tertiary/aromatic N) is 3. The zero-order valence-corrected chi connectivity index (χ0v) is 13.5. The van der Waals surface area contributed by atoms with Gasteiger partial charge in [-0.3, -0.25) is 4.79 Å². The highest BCUT2D eigenvalue weighted by Gasteiger charge is 2.32. The van der Waals surface area contributed by atoms with Gasteiger partial charge in [0, 0.05) is 14.1 Å². The van der Waals surface area contributed by atoms with Gasteiger partial charge in [-0.05, 0) is 30.7 Å². The first kappa shape index (κ1) is 15.0. The van der Waals surface area contributed by atoms with E-state index in [0.29, 0.717) is 11.4 Å². The van der Waals surface area contributed by atoms with Crippen LogP contribution in [-0.2, 0) is 4.79 Å². The van der Waals surface area contributed by atoms with E-state index in [1.165, 1.54) is 10.6 Å². The van der Waals surface area contributed by atoms with E-state index < -0.39 is 0 Å². The Hall–Kier alpha value is -2.88. The lowest BCUT2D eigenvalue weighted by Crippen LogP contribution is -2.24. The Bertz CT molecular complexity index is 774. The van der Waals surface area contributed by atoms with Crippen LogP contribution in [0.4, 0.5) is 5.69 Å². The Labute approximate surface area is 136 Å². The summed E-state index contributed by atoms with van der Waals surface area (Å²) in [5.41, 5.74) is 3.55. The van der Waals surface area contributed by atoms with Gasteiger partial charge in [0.25, 0.3) is 5.91 Å². The molecule has 116 valence electrons. The number of amidine groups is 1. The van der Waals surface area contributed by atoms with Crippen LogP contribution in [0, 0.1) is 6.92 Å². The maximum Gasteiger partial charge on any atom is 0.282 e. The van der Waals surface area contributed by atoms with Crippen LogP contribution in [0.3, 0.4) is 0 Å². The van der Waals surface area contributed by atoms with Gasteiger partial charge in [0.2, 0.25) is 0 Å². The smallest absolute Gasteiger partial charge is 0.282 e. The Kier molecular flexibility index (Phi) is 3.98. The van der Waals surface area contributed by atoms with E-state index in [9.17, 15) is 4.79 Å². The molecule has 0 unspecified atom stereocenters. The normalized spacial score (nSPS) is 16.0. The number of hydrazone groups is 1. The van der Waals surface area contributed by atoms with Gasteiger partial charge < -0.3 is 4.90 Å². The van der Waals surface area contributed by atoms with Gasteiger partial charge in [-0.2, -0.15) is 5.01 Å². The van der Waals surface area contributed by atoms with Crippen molar-refractivity contribution in [1.82, 2.24) is 4.90 Å². The number of rotatable bonds is 2. The third kappa shape index (κ3) is 3.01. The first-order chi connectivity index (χ1) is 11.1. The highest BCUT2D eigenvalue weighted by molar-refractivity contribution is 6.31. The van der Waals surface area contributed by atoms with E-state index in [1.54, 1.807) is 0 Å². The molecule has 1 heterocycles. The predicted molar refractivity (Wildman–Crippen MR) is 94.2 cm³/mol. The number of hydrogen-bond donors (Lipinski definition) is 0. The number of carbonyl (C=O) groups excluding carboxylic acids is 1. The van der Waals surface area contributed by atoms with Gasteiger partial charge in [-0.15, -0.1) is 5.10 Å². The van der Waals surface area contributed by atoms with Crippen molar-refractivity contribution >= 4 is 23.5 Å². The van der Waals surface area contributed by atoms with Crippen molar-refractivity contribution in [1.29, 1.82) is 0 Å². The van der Waals surface area contributed by atoms with Gasteiger partial charge in [0.05, 0.1) is 11.3 Å². The summed E-state index contributed by atoms with van der Waals surface area (Å²) in [5, 5.41) is 5.95. The Morgan fingerprint density at radius 1 is 1.00 bits per heavy atom. The molecule has 2 aromatic rings. The molecule has 0 spiro atoms. The second-order valence-electron chi connectivity index (χ2n) is 5.74. The summed E-state index contributed by atoms with van der Waals surface area (Å²) in [6.07, 6.45) is 1.89. The summed E-state index contributed by atoms with van der Waals surface area (Å²) in [7, 11) is 3.78. The molecule has 2 aromatic carbocycles. The fraction of sp³-hybridized carbons (Fsp3) is 0.158. The highest BCUT2D eigenvalue weighted by atomic mass is 16.2. The molecule has 0 radical (unpaired) electrons. The van der Waals surface area contributed by atoms with E-state index >= 15 is 0 Å². The van der Waals surface area contributed by atoms with Crippen LogP contribution in [0.25, 0.3) is 6.08 Å². The molecule has 1 aliphatic rings. The quantitative estimate of drug-likeness (QED) is 0.798. The van der Waals surface area contributed by atoms with Gasteiger partial charge in [0.15, 0.2) is 5.84 Å². The zero-order valence-electron chi connectivity index (χ0n) is 13.5. The van der Waals surface area contributed by atoms with Crippen LogP contribution < -0.4 is 5.01 Å². The maximum absolute atomic E-state index is 12.8. The third-order valence-corrected chi connectivity index (χ3v) is 3.67. The fourth-order valence-electron chi connectivity index (χ4n) is 2.43. The standard InChI is InChI=1S/C19H19N3O/c1-14-9-11-15(12-10-14)13-17-18(21(2)3)20-22(19(17)23)16-7-5-4-6-8-16/h4-13H,1-3H3/b17-13-. The molecule has 0 fully saturated rings. The molecule has 23 heavy (non-hydrogen) atoms. The molecule has 1 amide bonds. The van der Waals surface area contributed by atoms with E-state index in [4.69, 9.17) is 0 Å². The van der Waals surface area contributed by atoms with Crippen LogP contribution >= 0.6 is 0 Å². The second-order valence-corrected chi connectivity index (χ2v) is 5.74. The zero-order chi connectivity index (χ0) is 16.4. The first-order valence-electron chi connectivity index (χ1n) is 7.50. The van der Waals surface area contributed by atoms with Crippen molar-refractivity contribution in [2.24, 2.45) is 5.10 Å². The number of amides is 1. The van der Waals surface area contributed by atoms with Gasteiger partial charge in [-0.1, -0.05) is 48.0 Å². The summed E-state index contributed by atoms with van der Waals surface area (Å²) in [5.74, 6) is 0.555. The van der Waals surface area contributed by atoms with Crippen LogP contribution in [0.5, 0.6) is 0 Å². The topological polar surface area (TPSA) is 35.9 Å². The molecule has 1 aliphatic heterocycles. The molecule has 0 aromatic heterocycles. The summed E-state index contributed by atoms with van der Waals surface area (Å²) in [6.45, 7) is 2.04. The van der Waals surface area contributed by atoms with E-state index in [-0.39, 0.29) is 5.91 Å². The lowest BCUT2D eigenvalue weighted by atomic mass is 10.1. The van der Waals surface area contributed by atoms with Gasteiger partial charge >= 0.3 is 0 Å². The Morgan fingerprint density at radius 3 is 2.26 bits per heavy atom. The molecule has 0 saturated carbocycles. The molecule has 4 heteroatoms. The summed E-state index contributed by atoms with van der Waals surface area (Å²) in [4.78, 5) is 14.7. The largest absolute Gasteiger partial charge is 0.361 e. The minimum atomic E-state index is -0.111. The van der Waals surface area contributed by atoms with Crippen molar-refractivity contribution in [3.63, 3.8) is 0 Å². The summed E-state index contributed by atoms with van der Waals surface area (Å²) in [6, 6.07) is 17.6. The number of likely N-dealkylation sites (N-methyl/N-ethyl adjacent to an activating group) is 1. The maximum atomic E-state index is 12.8. The van der Waals surface area contributed by atoms with Crippen molar-refractivity contribution < 1.29 is 4.79 Å². The predicted octanol–water partition coefficient (Wildman–Crippen LogP) is 3.30. The molecular formula is C19H19N3O. The average molecular weight is 305 g/mol. The van der Waals surface area contributed by atoms with Crippen molar-refractivity contribution in [2.45, 2.75) is 6.92 Å². The number of hydrogen-bond acceptors (Lipinski definition) is 3. The van der Waals surface area contributed by atoms with Crippen molar-refractivity contribution in [3.05, 3.63) is 71.3 Å². The number of anilines is 1. The molecule has 0 atom stereocenters. The Morgan fingerprint density at radius 2 is 1.65 bits per heavy atom. The lowest BCUT2D eigenvalue weighted by molar-refractivity contribution is -0.114. The van der Waals surface area contributed by atoms with Crippen LogP contribution in [0.2, 0.25) is 0 Å². The fourth-order valence-corrected chi connectivity index (χ4v) is 2.43. The van der Waals surface area contributed by atoms with E-state index in [1.807, 2.05) is 86.6 Å². The highest BCUT2D eigenvalue weighted by Crippen LogP contribution is 2.25. The minimum Gasteiger partial charge on any atom is -0.361 e. The number of para-hydroxylation sites is 1. The van der Waals surface area contributed by atoms with Gasteiger partial charge in [-0.25, -0.2) is 0 Å². The number of benzene rings is 2. The number of aryl methyl sites for hydroxylation is 1. The molecule has 0 saturated heterocycles. The molecule has 0 bridgehead atoms. The minimum absolute atomic E-state index is 0.111. The second kappa shape index (κ2) is 6.08. The van der Waals surface area contributed by atoms with Crippen molar-refractivity contribution in [2.75, 3.05) is 19.1 Å². The molecule has 0 aliphatic carbocycles. The SMILES string of the molecule is Cc1ccc(/C=C2\C(=O)N(c3ccccc3)N=C2N(C)C)cc1. The number of carbonyl (C=O) groups is 1.